The summed E-state index contributed by atoms with van der Waals surface area (Å²) in [6, 6.07) is 9.25. The van der Waals surface area contributed by atoms with Crippen molar-refractivity contribution in [3.63, 3.8) is 0 Å². The van der Waals surface area contributed by atoms with Gasteiger partial charge in [0.1, 0.15) is 29.7 Å². The van der Waals surface area contributed by atoms with Gasteiger partial charge in [0.2, 0.25) is 0 Å². The number of hydrogen-bond donors (Lipinski definition) is 2. The predicted octanol–water partition coefficient (Wildman–Crippen LogP) is 7.79. The number of halogens is 1. The molecule has 2 bridgehead atoms. The number of ether oxygens (including phenoxy) is 9. The van der Waals surface area contributed by atoms with Crippen molar-refractivity contribution in [1.82, 2.24) is 5.32 Å². The highest BCUT2D eigenvalue weighted by molar-refractivity contribution is 6.74. The van der Waals surface area contributed by atoms with E-state index in [1.165, 1.54) is 19.2 Å². The van der Waals surface area contributed by atoms with Gasteiger partial charge in [0.15, 0.2) is 44.1 Å². The molecule has 2 N–H and O–H groups in total. The second kappa shape index (κ2) is 19.4. The summed E-state index contributed by atoms with van der Waals surface area (Å²) >= 11 is 6.98. The number of amides is 1. The molecule has 1 spiro atoms. The first-order chi connectivity index (χ1) is 29.3. The Labute approximate surface area is 377 Å². The highest BCUT2D eigenvalue weighted by Crippen LogP contribution is 2.46. The van der Waals surface area contributed by atoms with Gasteiger partial charge in [-0.3, -0.25) is 4.79 Å². The molecule has 16 heteroatoms. The van der Waals surface area contributed by atoms with E-state index >= 15 is 0 Å². The molecule has 0 aromatic heterocycles. The number of hydrogen-bond acceptors (Lipinski definition) is 13. The Morgan fingerprint density at radius 3 is 2.40 bits per heavy atom. The molecule has 1 amide bonds. The molecule has 3 aliphatic heterocycles. The standard InChI is InChI=1S/C47H62ClNO13Si/c1-14-38-47(52)25-34(61-63(12,13)44(5,6)7)23-32(47)19-20-46(28-58-45(8,9)62-46)39(55-26-30-15-17-33(54-11)18-16-30)27-56-40(50)24-36(49-42(51)60-43(2,3)4)31-21-35(48)41(59-38)37(22-31)57-29-53-10/h1,15-18,21-23,34,36,38-39,52H,24-29H2,2-13H3,(H,49,51)/t34-,36+,38-,39+,46+,47-/m1/s1. The maximum atomic E-state index is 14.0. The van der Waals surface area contributed by atoms with E-state index in [0.29, 0.717) is 11.3 Å². The number of methoxy groups -OCH3 is 2. The summed E-state index contributed by atoms with van der Waals surface area (Å²) in [7, 11) is 0.581. The third kappa shape index (κ3) is 12.3. The molecule has 2 aromatic rings. The Balaban J connectivity index is 1.70. The smallest absolute Gasteiger partial charge is 0.408 e. The van der Waals surface area contributed by atoms with Crippen LogP contribution in [0.1, 0.15) is 85.4 Å². The Morgan fingerprint density at radius 1 is 1.11 bits per heavy atom. The number of fused-ring (bicyclic) bond motifs is 8. The summed E-state index contributed by atoms with van der Waals surface area (Å²) in [5.41, 5.74) is -3.07. The van der Waals surface area contributed by atoms with Crippen LogP contribution in [-0.2, 0) is 44.2 Å². The lowest BCUT2D eigenvalue weighted by atomic mass is 9.88. The zero-order valence-electron chi connectivity index (χ0n) is 38.4. The Morgan fingerprint density at radius 2 is 1.81 bits per heavy atom. The number of esters is 1. The van der Waals surface area contributed by atoms with Crippen LogP contribution in [0.5, 0.6) is 17.2 Å². The molecular formula is C47H62ClNO13Si. The second-order valence-electron chi connectivity index (χ2n) is 18.8. The third-order valence-electron chi connectivity index (χ3n) is 11.2. The van der Waals surface area contributed by atoms with Crippen LogP contribution in [0.3, 0.4) is 0 Å². The van der Waals surface area contributed by atoms with Gasteiger partial charge >= 0.3 is 12.1 Å². The van der Waals surface area contributed by atoms with Crippen LogP contribution in [0.2, 0.25) is 23.2 Å². The zero-order chi connectivity index (χ0) is 46.6. The topological polar surface area (TPSA) is 159 Å². The largest absolute Gasteiger partial charge is 0.497 e. The highest BCUT2D eigenvalue weighted by Gasteiger charge is 2.53. The first kappa shape index (κ1) is 49.7. The minimum atomic E-state index is -2.43. The van der Waals surface area contributed by atoms with Crippen molar-refractivity contribution >= 4 is 32.0 Å². The van der Waals surface area contributed by atoms with Crippen molar-refractivity contribution in [2.75, 3.05) is 34.2 Å². The fourth-order valence-electron chi connectivity index (χ4n) is 6.94. The monoisotopic (exact) mass is 911 g/mol. The van der Waals surface area contributed by atoms with Gasteiger partial charge in [0.25, 0.3) is 0 Å². The van der Waals surface area contributed by atoms with Gasteiger partial charge in [-0.25, -0.2) is 4.79 Å². The fourth-order valence-corrected chi connectivity index (χ4v) is 8.47. The fraction of sp³-hybridized carbons (Fsp3) is 0.574. The number of terminal acetylenes is 1. The van der Waals surface area contributed by atoms with E-state index in [4.69, 9.17) is 65.1 Å². The summed E-state index contributed by atoms with van der Waals surface area (Å²) in [6.45, 7) is 18.5. The number of carbonyl (C=O) groups excluding carboxylic acids is 2. The van der Waals surface area contributed by atoms with Gasteiger partial charge in [-0.1, -0.05) is 62.3 Å². The third-order valence-corrected chi connectivity index (χ3v) is 16.0. The van der Waals surface area contributed by atoms with Crippen molar-refractivity contribution in [2.24, 2.45) is 0 Å². The molecule has 0 unspecified atom stereocenters. The van der Waals surface area contributed by atoms with Gasteiger partial charge in [0, 0.05) is 19.1 Å². The molecular weight excluding hydrogens is 850 g/mol. The van der Waals surface area contributed by atoms with Crippen molar-refractivity contribution in [1.29, 1.82) is 0 Å². The van der Waals surface area contributed by atoms with Crippen LogP contribution in [0.4, 0.5) is 4.79 Å². The highest BCUT2D eigenvalue weighted by atomic mass is 35.5. The van der Waals surface area contributed by atoms with Crippen molar-refractivity contribution in [3.8, 4) is 41.4 Å². The van der Waals surface area contributed by atoms with E-state index in [1.54, 1.807) is 59.9 Å². The quantitative estimate of drug-likeness (QED) is 0.103. The lowest BCUT2D eigenvalue weighted by Crippen LogP contribution is -2.50. The molecule has 1 saturated heterocycles. The van der Waals surface area contributed by atoms with Crippen LogP contribution < -0.4 is 19.5 Å². The first-order valence-corrected chi connectivity index (χ1v) is 24.1. The number of rotatable bonds is 10. The summed E-state index contributed by atoms with van der Waals surface area (Å²) in [5, 5.41) is 15.5. The first-order valence-electron chi connectivity index (χ1n) is 20.8. The molecule has 14 nitrogen and oxygen atoms in total. The lowest BCUT2D eigenvalue weighted by Gasteiger charge is -2.39. The normalized spacial score (nSPS) is 26.2. The maximum Gasteiger partial charge on any atom is 0.408 e. The molecule has 6 rings (SSSR count). The molecule has 1 aliphatic carbocycles. The molecule has 0 radical (unpaired) electrons. The van der Waals surface area contributed by atoms with Gasteiger partial charge in [-0.15, -0.1) is 6.42 Å². The molecule has 3 heterocycles. The van der Waals surface area contributed by atoms with Gasteiger partial charge in [-0.05, 0) is 94.2 Å². The van der Waals surface area contributed by atoms with Gasteiger partial charge in [0.05, 0.1) is 43.9 Å². The van der Waals surface area contributed by atoms with Crippen LogP contribution in [-0.4, -0.2) is 101 Å². The second-order valence-corrected chi connectivity index (χ2v) is 24.0. The number of carbonyl (C=O) groups is 2. The molecule has 6 atom stereocenters. The zero-order valence-corrected chi connectivity index (χ0v) is 40.2. The Bertz CT molecular complexity index is 2110. The van der Waals surface area contributed by atoms with Crippen molar-refractivity contribution in [3.05, 3.63) is 64.2 Å². The Hall–Kier alpha value is -4.29. The van der Waals surface area contributed by atoms with E-state index in [2.05, 4.69) is 56.9 Å². The van der Waals surface area contributed by atoms with Gasteiger partial charge < -0.3 is 57.5 Å². The average molecular weight is 913 g/mol. The SMILES string of the molecule is C#C[C@H]1Oc2c(Cl)cc(cc2OCOC)[C@@H](NC(=O)OC(C)(C)C)CC(=O)OC[C@H](OCc2ccc(OC)cc2)[C@]2(C#CC3=C[C@@H](O[Si](C)(C)C(C)(C)C)C[C@@]31O)COC(C)(C)O2. The Kier molecular flexibility index (Phi) is 15.3. The van der Waals surface area contributed by atoms with Crippen LogP contribution in [0, 0.1) is 24.2 Å². The van der Waals surface area contributed by atoms with E-state index in [0.717, 1.165) is 5.56 Å². The summed E-state index contributed by atoms with van der Waals surface area (Å²) < 4.78 is 60.7. The van der Waals surface area contributed by atoms with Crippen molar-refractivity contribution < 1.29 is 61.8 Å². The van der Waals surface area contributed by atoms with Gasteiger partial charge in [-0.2, -0.15) is 0 Å². The lowest BCUT2D eigenvalue weighted by molar-refractivity contribution is -0.187. The number of alkyl carbamates (subject to hydrolysis) is 1. The number of aliphatic hydroxyl groups is 1. The molecule has 1 fully saturated rings. The van der Waals surface area contributed by atoms with Crippen LogP contribution in [0.15, 0.2) is 48.0 Å². The van der Waals surface area contributed by atoms with E-state index in [9.17, 15) is 14.7 Å². The predicted molar refractivity (Wildman–Crippen MR) is 238 cm³/mol. The molecule has 4 aliphatic rings. The van der Waals surface area contributed by atoms with E-state index in [1.807, 2.05) is 12.1 Å². The molecule has 2 aromatic carbocycles. The summed E-state index contributed by atoms with van der Waals surface area (Å²) in [6.07, 6.45) is 3.69. The summed E-state index contributed by atoms with van der Waals surface area (Å²) in [5.74, 6) is 7.88. The average Bonchev–Trinajstić information content (AvgIpc) is 3.68. The van der Waals surface area contributed by atoms with E-state index in [-0.39, 0.29) is 66.6 Å². The van der Waals surface area contributed by atoms with Crippen LogP contribution in [0.25, 0.3) is 0 Å². The summed E-state index contributed by atoms with van der Waals surface area (Å²) in [4.78, 5) is 27.3. The minimum Gasteiger partial charge on any atom is -0.497 e. The number of nitrogens with one attached hydrogen (secondary N) is 1. The van der Waals surface area contributed by atoms with E-state index < -0.39 is 67.3 Å². The number of benzene rings is 2. The maximum absolute atomic E-state index is 14.0. The molecule has 344 valence electrons. The molecule has 63 heavy (non-hydrogen) atoms. The minimum absolute atomic E-state index is 0.00973. The van der Waals surface area contributed by atoms with Crippen LogP contribution >= 0.6 is 11.6 Å². The molecule has 0 saturated carbocycles. The van der Waals surface area contributed by atoms with Crippen molar-refractivity contribution in [2.45, 2.75) is 140 Å².